The first-order chi connectivity index (χ1) is 6.02. The zero-order valence-corrected chi connectivity index (χ0v) is 8.30. The van der Waals surface area contributed by atoms with Gasteiger partial charge in [-0.2, -0.15) is 4.98 Å². The zero-order valence-electron chi connectivity index (χ0n) is 7.48. The summed E-state index contributed by atoms with van der Waals surface area (Å²) in [5, 5.41) is 0. The Hall–Kier alpha value is -1.43. The molecule has 5 nitrogen and oxygen atoms in total. The molecule has 1 heterocycles. The summed E-state index contributed by atoms with van der Waals surface area (Å²) in [7, 11) is 3.66. The van der Waals surface area contributed by atoms with Crippen LogP contribution in [0.15, 0.2) is 6.20 Å². The second-order valence-electron chi connectivity index (χ2n) is 2.73. The van der Waals surface area contributed by atoms with E-state index in [2.05, 4.69) is 9.97 Å². The van der Waals surface area contributed by atoms with Crippen LogP contribution >= 0.6 is 12.2 Å². The molecule has 0 bridgehead atoms. The summed E-state index contributed by atoms with van der Waals surface area (Å²) in [5.41, 5.74) is 11.5. The number of nitrogens with two attached hydrogens (primary N) is 2. The van der Waals surface area contributed by atoms with Gasteiger partial charge in [0.05, 0.1) is 5.56 Å². The molecular weight excluding hydrogens is 186 g/mol. The Bertz CT molecular complexity index is 336. The van der Waals surface area contributed by atoms with Crippen LogP contribution in [0, 0.1) is 0 Å². The first-order valence-electron chi connectivity index (χ1n) is 3.62. The van der Waals surface area contributed by atoms with Gasteiger partial charge in [-0.05, 0) is 0 Å². The van der Waals surface area contributed by atoms with Gasteiger partial charge in [0.2, 0.25) is 5.95 Å². The molecular formula is C7H11N5S. The maximum atomic E-state index is 5.61. The van der Waals surface area contributed by atoms with Crippen LogP contribution in [-0.4, -0.2) is 29.1 Å². The second-order valence-corrected chi connectivity index (χ2v) is 3.17. The van der Waals surface area contributed by atoms with Crippen molar-refractivity contribution in [2.45, 2.75) is 0 Å². The number of anilines is 2. The third kappa shape index (κ3) is 2.03. The molecule has 0 aliphatic carbocycles. The standard InChI is InChI=1S/C7H11N5S/c1-12(2)7-10-3-4(6(9)13)5(8)11-7/h3H,1-2H3,(H2,9,13)(H2,8,10,11). The number of nitrogens with zero attached hydrogens (tertiary/aromatic N) is 3. The molecule has 0 radical (unpaired) electrons. The predicted octanol–water partition coefficient (Wildman–Crippen LogP) is -0.241. The number of hydrogen-bond acceptors (Lipinski definition) is 5. The van der Waals surface area contributed by atoms with E-state index in [1.54, 1.807) is 4.90 Å². The van der Waals surface area contributed by atoms with Crippen LogP contribution in [0.25, 0.3) is 0 Å². The molecule has 0 saturated carbocycles. The molecule has 0 amide bonds. The molecule has 0 unspecified atom stereocenters. The number of aromatic nitrogens is 2. The Morgan fingerprint density at radius 3 is 2.54 bits per heavy atom. The minimum atomic E-state index is 0.211. The van der Waals surface area contributed by atoms with E-state index in [0.29, 0.717) is 17.3 Å². The van der Waals surface area contributed by atoms with Crippen molar-refractivity contribution in [3.63, 3.8) is 0 Å². The Morgan fingerprint density at radius 1 is 1.54 bits per heavy atom. The van der Waals surface area contributed by atoms with Crippen LogP contribution < -0.4 is 16.4 Å². The van der Waals surface area contributed by atoms with Gasteiger partial charge >= 0.3 is 0 Å². The molecule has 13 heavy (non-hydrogen) atoms. The van der Waals surface area contributed by atoms with Gasteiger partial charge in [-0.25, -0.2) is 4.98 Å². The van der Waals surface area contributed by atoms with Gasteiger partial charge in [0, 0.05) is 20.3 Å². The van der Waals surface area contributed by atoms with E-state index in [1.807, 2.05) is 14.1 Å². The summed E-state index contributed by atoms with van der Waals surface area (Å²) >= 11 is 4.76. The fourth-order valence-corrected chi connectivity index (χ4v) is 0.948. The van der Waals surface area contributed by atoms with Crippen molar-refractivity contribution < 1.29 is 0 Å². The molecule has 1 rings (SSSR count). The van der Waals surface area contributed by atoms with Crippen LogP contribution in [0.1, 0.15) is 5.56 Å². The number of thiocarbonyl (C=S) groups is 1. The van der Waals surface area contributed by atoms with Crippen molar-refractivity contribution in [2.24, 2.45) is 5.73 Å². The minimum absolute atomic E-state index is 0.211. The molecule has 1 aromatic heterocycles. The van der Waals surface area contributed by atoms with E-state index in [-0.39, 0.29) is 4.99 Å². The lowest BCUT2D eigenvalue weighted by molar-refractivity contribution is 1.00. The molecule has 0 spiro atoms. The van der Waals surface area contributed by atoms with E-state index < -0.39 is 0 Å². The molecule has 1 aromatic rings. The quantitative estimate of drug-likeness (QED) is 0.637. The SMILES string of the molecule is CN(C)c1ncc(C(N)=S)c(N)n1. The summed E-state index contributed by atoms with van der Waals surface area (Å²) < 4.78 is 0. The lowest BCUT2D eigenvalue weighted by Crippen LogP contribution is -2.18. The van der Waals surface area contributed by atoms with E-state index in [0.717, 1.165) is 0 Å². The van der Waals surface area contributed by atoms with Crippen molar-refractivity contribution in [3.8, 4) is 0 Å². The lowest BCUT2D eigenvalue weighted by Gasteiger charge is -2.11. The number of rotatable bonds is 2. The third-order valence-electron chi connectivity index (χ3n) is 1.47. The van der Waals surface area contributed by atoms with E-state index in [1.165, 1.54) is 6.20 Å². The molecule has 0 fully saturated rings. The fraction of sp³-hybridized carbons (Fsp3) is 0.286. The molecule has 0 aromatic carbocycles. The van der Waals surface area contributed by atoms with E-state index in [9.17, 15) is 0 Å². The first-order valence-corrected chi connectivity index (χ1v) is 4.03. The topological polar surface area (TPSA) is 81.1 Å². The van der Waals surface area contributed by atoms with Crippen LogP contribution in [-0.2, 0) is 0 Å². The third-order valence-corrected chi connectivity index (χ3v) is 1.69. The monoisotopic (exact) mass is 197 g/mol. The zero-order chi connectivity index (χ0) is 10.0. The van der Waals surface area contributed by atoms with Crippen LogP contribution in [0.5, 0.6) is 0 Å². The fourth-order valence-electron chi connectivity index (χ4n) is 0.791. The summed E-state index contributed by atoms with van der Waals surface area (Å²) in [6.45, 7) is 0. The highest BCUT2D eigenvalue weighted by atomic mass is 32.1. The minimum Gasteiger partial charge on any atom is -0.389 e. The average Bonchev–Trinajstić information content (AvgIpc) is 2.03. The molecule has 4 N–H and O–H groups in total. The Labute approximate surface area is 81.8 Å². The maximum Gasteiger partial charge on any atom is 0.226 e. The largest absolute Gasteiger partial charge is 0.389 e. The summed E-state index contributed by atoms with van der Waals surface area (Å²) in [4.78, 5) is 10.0. The first kappa shape index (κ1) is 9.66. The average molecular weight is 197 g/mol. The smallest absolute Gasteiger partial charge is 0.226 e. The van der Waals surface area contributed by atoms with Crippen LogP contribution in [0.4, 0.5) is 11.8 Å². The van der Waals surface area contributed by atoms with E-state index >= 15 is 0 Å². The predicted molar refractivity (Wildman–Crippen MR) is 56.7 cm³/mol. The number of nitrogen functional groups attached to an aromatic ring is 1. The molecule has 0 aliphatic rings. The molecule has 0 saturated heterocycles. The summed E-state index contributed by atoms with van der Waals surface area (Å²) in [6, 6.07) is 0. The van der Waals surface area contributed by atoms with Crippen molar-refractivity contribution in [1.29, 1.82) is 0 Å². The van der Waals surface area contributed by atoms with Gasteiger partial charge in [0.25, 0.3) is 0 Å². The van der Waals surface area contributed by atoms with Gasteiger partial charge in [0.15, 0.2) is 0 Å². The Morgan fingerprint density at radius 2 is 2.15 bits per heavy atom. The normalized spacial score (nSPS) is 9.69. The van der Waals surface area contributed by atoms with Crippen molar-refractivity contribution >= 4 is 29.0 Å². The highest BCUT2D eigenvalue weighted by molar-refractivity contribution is 7.80. The van der Waals surface area contributed by atoms with Crippen LogP contribution in [0.2, 0.25) is 0 Å². The van der Waals surface area contributed by atoms with Gasteiger partial charge in [-0.3, -0.25) is 0 Å². The molecule has 70 valence electrons. The molecule has 6 heteroatoms. The summed E-state index contributed by atoms with van der Waals surface area (Å²) in [6.07, 6.45) is 1.53. The Balaban J connectivity index is 3.13. The highest BCUT2D eigenvalue weighted by Crippen LogP contribution is 2.10. The number of hydrogen-bond donors (Lipinski definition) is 2. The van der Waals surface area contributed by atoms with Gasteiger partial charge in [-0.1, -0.05) is 12.2 Å². The van der Waals surface area contributed by atoms with E-state index in [4.69, 9.17) is 23.7 Å². The van der Waals surface area contributed by atoms with Crippen molar-refractivity contribution in [2.75, 3.05) is 24.7 Å². The highest BCUT2D eigenvalue weighted by Gasteiger charge is 2.06. The van der Waals surface area contributed by atoms with Gasteiger partial charge in [0.1, 0.15) is 10.8 Å². The van der Waals surface area contributed by atoms with Crippen molar-refractivity contribution in [3.05, 3.63) is 11.8 Å². The van der Waals surface area contributed by atoms with Gasteiger partial charge in [-0.15, -0.1) is 0 Å². The van der Waals surface area contributed by atoms with Gasteiger partial charge < -0.3 is 16.4 Å². The van der Waals surface area contributed by atoms with Crippen LogP contribution in [0.3, 0.4) is 0 Å². The Kier molecular flexibility index (Phi) is 2.62. The van der Waals surface area contributed by atoms with Crippen molar-refractivity contribution in [1.82, 2.24) is 9.97 Å². The maximum absolute atomic E-state index is 5.61. The molecule has 0 aliphatic heterocycles. The summed E-state index contributed by atoms with van der Waals surface area (Å²) in [5.74, 6) is 0.851. The lowest BCUT2D eigenvalue weighted by atomic mass is 10.3. The second kappa shape index (κ2) is 3.53. The molecule has 0 atom stereocenters.